The van der Waals surface area contributed by atoms with Gasteiger partial charge in [0.2, 0.25) is 0 Å². The van der Waals surface area contributed by atoms with E-state index in [4.69, 9.17) is 21.4 Å². The molecule has 23 heavy (non-hydrogen) atoms. The highest BCUT2D eigenvalue weighted by atomic mass is 32.1. The summed E-state index contributed by atoms with van der Waals surface area (Å²) in [6.07, 6.45) is 4.83. The van der Waals surface area contributed by atoms with Crippen molar-refractivity contribution in [2.45, 2.75) is 26.2 Å². The van der Waals surface area contributed by atoms with Gasteiger partial charge in [-0.3, -0.25) is 10.1 Å². The lowest BCUT2D eigenvalue weighted by atomic mass is 10.2. The fourth-order valence-electron chi connectivity index (χ4n) is 1.91. The molecule has 1 heterocycles. The number of carbonyl (C=O) groups excluding carboxylic acids is 1. The molecule has 0 aliphatic rings. The quantitative estimate of drug-likeness (QED) is 0.593. The molecule has 0 saturated carbocycles. The lowest BCUT2D eigenvalue weighted by Crippen LogP contribution is -2.33. The van der Waals surface area contributed by atoms with Crippen molar-refractivity contribution < 1.29 is 13.9 Å². The van der Waals surface area contributed by atoms with Crippen LogP contribution in [0.4, 0.5) is 5.69 Å². The average molecular weight is 332 g/mol. The van der Waals surface area contributed by atoms with Crippen molar-refractivity contribution in [3.8, 4) is 5.75 Å². The molecular formula is C17H20N2O3S. The maximum atomic E-state index is 11.8. The van der Waals surface area contributed by atoms with Gasteiger partial charge in [-0.25, -0.2) is 0 Å². The van der Waals surface area contributed by atoms with Crippen molar-refractivity contribution in [3.63, 3.8) is 0 Å². The number of unbranched alkanes of at least 4 members (excludes halogenated alkanes) is 2. The Labute approximate surface area is 141 Å². The molecule has 2 aromatic rings. The predicted octanol–water partition coefficient (Wildman–Crippen LogP) is 3.98. The summed E-state index contributed by atoms with van der Waals surface area (Å²) < 4.78 is 10.6. The molecule has 0 spiro atoms. The third kappa shape index (κ3) is 5.75. The lowest BCUT2D eigenvalue weighted by Gasteiger charge is -2.10. The maximum Gasteiger partial charge on any atom is 0.293 e. The number of nitrogens with one attached hydrogen (secondary N) is 2. The number of benzene rings is 1. The van der Waals surface area contributed by atoms with Crippen LogP contribution in [-0.4, -0.2) is 17.6 Å². The second kappa shape index (κ2) is 8.95. The third-order valence-electron chi connectivity index (χ3n) is 3.10. The van der Waals surface area contributed by atoms with Crippen molar-refractivity contribution >= 4 is 28.9 Å². The fraction of sp³-hybridized carbons (Fsp3) is 0.294. The van der Waals surface area contributed by atoms with Gasteiger partial charge in [-0.2, -0.15) is 0 Å². The molecule has 0 bridgehead atoms. The van der Waals surface area contributed by atoms with Crippen LogP contribution in [0.25, 0.3) is 0 Å². The average Bonchev–Trinajstić information content (AvgIpc) is 3.07. The van der Waals surface area contributed by atoms with Crippen LogP contribution in [0.15, 0.2) is 47.1 Å². The topological polar surface area (TPSA) is 63.5 Å². The summed E-state index contributed by atoms with van der Waals surface area (Å²) >= 11 is 5.10. The molecule has 1 aromatic carbocycles. The van der Waals surface area contributed by atoms with Gasteiger partial charge in [0.15, 0.2) is 10.9 Å². The third-order valence-corrected chi connectivity index (χ3v) is 3.30. The van der Waals surface area contributed by atoms with Crippen molar-refractivity contribution in [1.82, 2.24) is 5.32 Å². The number of furan rings is 1. The SMILES string of the molecule is CCCCCOc1ccc(NC(=S)NC(=O)c2ccco2)cc1. The number of carbonyl (C=O) groups is 1. The highest BCUT2D eigenvalue weighted by Crippen LogP contribution is 2.16. The summed E-state index contributed by atoms with van der Waals surface area (Å²) in [7, 11) is 0. The molecule has 1 amide bonds. The van der Waals surface area contributed by atoms with Gasteiger partial charge in [-0.1, -0.05) is 19.8 Å². The van der Waals surface area contributed by atoms with Crippen LogP contribution < -0.4 is 15.4 Å². The zero-order valence-corrected chi connectivity index (χ0v) is 13.8. The predicted molar refractivity (Wildman–Crippen MR) is 93.9 cm³/mol. The number of hydrogen-bond acceptors (Lipinski definition) is 4. The zero-order valence-electron chi connectivity index (χ0n) is 13.0. The summed E-state index contributed by atoms with van der Waals surface area (Å²) in [5, 5.41) is 5.70. The number of ether oxygens (including phenoxy) is 1. The number of hydrogen-bond donors (Lipinski definition) is 2. The second-order valence-electron chi connectivity index (χ2n) is 4.97. The van der Waals surface area contributed by atoms with E-state index in [-0.39, 0.29) is 16.8 Å². The van der Waals surface area contributed by atoms with E-state index in [9.17, 15) is 4.79 Å². The molecule has 0 saturated heterocycles. The molecule has 2 N–H and O–H groups in total. The van der Waals surface area contributed by atoms with Crippen LogP contribution >= 0.6 is 12.2 Å². The first-order valence-electron chi connectivity index (χ1n) is 7.57. The van der Waals surface area contributed by atoms with Gasteiger partial charge < -0.3 is 14.5 Å². The maximum absolute atomic E-state index is 11.8. The minimum absolute atomic E-state index is 0.211. The van der Waals surface area contributed by atoms with Gasteiger partial charge in [-0.15, -0.1) is 0 Å². The molecule has 122 valence electrons. The van der Waals surface area contributed by atoms with Gasteiger partial charge >= 0.3 is 0 Å². The van der Waals surface area contributed by atoms with E-state index in [0.29, 0.717) is 0 Å². The molecule has 0 aliphatic heterocycles. The second-order valence-corrected chi connectivity index (χ2v) is 5.37. The number of thiocarbonyl (C=S) groups is 1. The van der Waals surface area contributed by atoms with Crippen LogP contribution in [0, 0.1) is 0 Å². The fourth-order valence-corrected chi connectivity index (χ4v) is 2.12. The highest BCUT2D eigenvalue weighted by molar-refractivity contribution is 7.80. The number of rotatable bonds is 7. The lowest BCUT2D eigenvalue weighted by molar-refractivity contribution is 0.0950. The first kappa shape index (κ1) is 17.0. The molecule has 5 nitrogen and oxygen atoms in total. The van der Waals surface area contributed by atoms with E-state index in [1.807, 2.05) is 24.3 Å². The van der Waals surface area contributed by atoms with Crippen LogP contribution in [0.1, 0.15) is 36.7 Å². The highest BCUT2D eigenvalue weighted by Gasteiger charge is 2.10. The zero-order chi connectivity index (χ0) is 16.5. The largest absolute Gasteiger partial charge is 0.494 e. The molecule has 0 radical (unpaired) electrons. The van der Waals surface area contributed by atoms with E-state index >= 15 is 0 Å². The Morgan fingerprint density at radius 3 is 2.65 bits per heavy atom. The molecule has 0 aliphatic carbocycles. The molecule has 2 rings (SSSR count). The minimum atomic E-state index is -0.386. The summed E-state index contributed by atoms with van der Waals surface area (Å²) in [5.74, 6) is 0.644. The van der Waals surface area contributed by atoms with Gasteiger partial charge in [-0.05, 0) is 55.0 Å². The molecule has 0 atom stereocenters. The molecule has 0 unspecified atom stereocenters. The van der Waals surface area contributed by atoms with Gasteiger partial charge in [0.25, 0.3) is 5.91 Å². The standard InChI is InChI=1S/C17H20N2O3S/c1-2-3-4-11-21-14-9-7-13(8-10-14)18-17(23)19-16(20)15-6-5-12-22-15/h5-10,12H,2-4,11H2,1H3,(H2,18,19,20,23). The Morgan fingerprint density at radius 2 is 2.00 bits per heavy atom. The van der Waals surface area contributed by atoms with Crippen molar-refractivity contribution in [3.05, 3.63) is 48.4 Å². The summed E-state index contributed by atoms with van der Waals surface area (Å²) in [4.78, 5) is 11.8. The van der Waals surface area contributed by atoms with Gasteiger partial charge in [0.1, 0.15) is 5.75 Å². The normalized spacial score (nSPS) is 10.1. The minimum Gasteiger partial charge on any atom is -0.494 e. The summed E-state index contributed by atoms with van der Waals surface area (Å²) in [6.45, 7) is 2.88. The van der Waals surface area contributed by atoms with E-state index in [1.54, 1.807) is 12.1 Å². The van der Waals surface area contributed by atoms with E-state index < -0.39 is 0 Å². The monoisotopic (exact) mass is 332 g/mol. The van der Waals surface area contributed by atoms with E-state index in [1.165, 1.54) is 19.1 Å². The van der Waals surface area contributed by atoms with E-state index in [0.717, 1.165) is 24.5 Å². The van der Waals surface area contributed by atoms with Crippen molar-refractivity contribution in [1.29, 1.82) is 0 Å². The van der Waals surface area contributed by atoms with Crippen LogP contribution in [0.5, 0.6) is 5.75 Å². The Bertz CT molecular complexity index is 624. The molecular weight excluding hydrogens is 312 g/mol. The number of amides is 1. The molecule has 6 heteroatoms. The van der Waals surface area contributed by atoms with Gasteiger partial charge in [0.05, 0.1) is 12.9 Å². The Hall–Kier alpha value is -2.34. The van der Waals surface area contributed by atoms with Crippen LogP contribution in [-0.2, 0) is 0 Å². The van der Waals surface area contributed by atoms with Crippen LogP contribution in [0.3, 0.4) is 0 Å². The Morgan fingerprint density at radius 1 is 1.22 bits per heavy atom. The smallest absolute Gasteiger partial charge is 0.293 e. The summed E-state index contributed by atoms with van der Waals surface area (Å²) in [5.41, 5.74) is 0.774. The molecule has 1 aromatic heterocycles. The Balaban J connectivity index is 1.78. The molecule has 0 fully saturated rings. The van der Waals surface area contributed by atoms with E-state index in [2.05, 4.69) is 17.6 Å². The summed E-state index contributed by atoms with van der Waals surface area (Å²) in [6, 6.07) is 10.6. The van der Waals surface area contributed by atoms with Gasteiger partial charge in [0, 0.05) is 5.69 Å². The Kier molecular flexibility index (Phi) is 6.62. The first-order chi connectivity index (χ1) is 11.2. The van der Waals surface area contributed by atoms with Crippen molar-refractivity contribution in [2.75, 3.05) is 11.9 Å². The van der Waals surface area contributed by atoms with Crippen molar-refractivity contribution in [2.24, 2.45) is 0 Å². The van der Waals surface area contributed by atoms with Crippen LogP contribution in [0.2, 0.25) is 0 Å². The first-order valence-corrected chi connectivity index (χ1v) is 7.98. The number of anilines is 1.